The molecule has 2 N–H and O–H groups in total. The van der Waals surface area contributed by atoms with Crippen LogP contribution in [0.3, 0.4) is 0 Å². The van der Waals surface area contributed by atoms with Crippen molar-refractivity contribution in [3.63, 3.8) is 0 Å². The fourth-order valence-electron chi connectivity index (χ4n) is 2.45. The van der Waals surface area contributed by atoms with Crippen LogP contribution in [0.5, 0.6) is 0 Å². The topological polar surface area (TPSA) is 75.1 Å². The lowest BCUT2D eigenvalue weighted by molar-refractivity contribution is 0.0688. The number of aromatic nitrogens is 2. The van der Waals surface area contributed by atoms with Gasteiger partial charge in [0, 0.05) is 23.6 Å². The highest BCUT2D eigenvalue weighted by atomic mass is 35.5. The monoisotopic (exact) mass is 303 g/mol. The number of benzene rings is 1. The number of hydrogen-bond acceptors (Lipinski definition) is 4. The van der Waals surface area contributed by atoms with Crippen LogP contribution in [0.4, 0.5) is 0 Å². The van der Waals surface area contributed by atoms with Crippen LogP contribution in [0.1, 0.15) is 33.1 Å². The van der Waals surface area contributed by atoms with Crippen LogP contribution >= 0.6 is 11.6 Å². The summed E-state index contributed by atoms with van der Waals surface area (Å²) in [6, 6.07) is 7.39. The van der Waals surface area contributed by atoms with Gasteiger partial charge < -0.3 is 10.4 Å². The van der Waals surface area contributed by atoms with E-state index < -0.39 is 5.97 Å². The van der Waals surface area contributed by atoms with E-state index in [0.717, 1.165) is 23.4 Å². The number of aromatic carboxylic acids is 1. The number of hydrogen-bond donors (Lipinski definition) is 2. The second kappa shape index (κ2) is 5.79. The molecule has 1 aromatic heterocycles. The Kier molecular flexibility index (Phi) is 3.86. The van der Waals surface area contributed by atoms with Crippen LogP contribution in [0.25, 0.3) is 0 Å². The SMILES string of the molecule is O=C(O)c1nc(Cc2ccc(Cl)cc2)nc2c1CCNC2. The molecule has 0 radical (unpaired) electrons. The number of nitrogens with zero attached hydrogens (tertiary/aromatic N) is 2. The first-order valence-electron chi connectivity index (χ1n) is 6.70. The highest BCUT2D eigenvalue weighted by Crippen LogP contribution is 2.18. The van der Waals surface area contributed by atoms with Gasteiger partial charge in [-0.05, 0) is 30.7 Å². The number of rotatable bonds is 3. The first kappa shape index (κ1) is 14.0. The fourth-order valence-corrected chi connectivity index (χ4v) is 2.58. The van der Waals surface area contributed by atoms with E-state index in [1.54, 1.807) is 12.1 Å². The molecule has 0 amide bonds. The summed E-state index contributed by atoms with van der Waals surface area (Å²) in [7, 11) is 0. The molecule has 0 bridgehead atoms. The van der Waals surface area contributed by atoms with E-state index in [-0.39, 0.29) is 5.69 Å². The lowest BCUT2D eigenvalue weighted by Gasteiger charge is -2.18. The Labute approximate surface area is 127 Å². The number of fused-ring (bicyclic) bond motifs is 1. The lowest BCUT2D eigenvalue weighted by atomic mass is 10.0. The van der Waals surface area contributed by atoms with Crippen LogP contribution < -0.4 is 5.32 Å². The van der Waals surface area contributed by atoms with Crippen molar-refractivity contribution in [2.45, 2.75) is 19.4 Å². The van der Waals surface area contributed by atoms with Crippen LogP contribution in [-0.4, -0.2) is 27.6 Å². The van der Waals surface area contributed by atoms with Gasteiger partial charge in [0.05, 0.1) is 5.69 Å². The van der Waals surface area contributed by atoms with E-state index in [1.807, 2.05) is 12.1 Å². The van der Waals surface area contributed by atoms with Crippen molar-refractivity contribution in [3.05, 3.63) is 57.6 Å². The maximum atomic E-state index is 11.4. The highest BCUT2D eigenvalue weighted by Gasteiger charge is 2.21. The van der Waals surface area contributed by atoms with Crippen molar-refractivity contribution in [1.82, 2.24) is 15.3 Å². The molecule has 0 unspecified atom stereocenters. The van der Waals surface area contributed by atoms with Crippen molar-refractivity contribution < 1.29 is 9.90 Å². The molecule has 21 heavy (non-hydrogen) atoms. The van der Waals surface area contributed by atoms with Gasteiger partial charge in [0.15, 0.2) is 5.69 Å². The number of carboxylic acid groups (broad SMARTS) is 1. The van der Waals surface area contributed by atoms with Gasteiger partial charge in [-0.2, -0.15) is 0 Å². The predicted octanol–water partition coefficient (Wildman–Crippen LogP) is 2.06. The zero-order valence-electron chi connectivity index (χ0n) is 11.3. The molecular weight excluding hydrogens is 290 g/mol. The van der Waals surface area contributed by atoms with Gasteiger partial charge >= 0.3 is 5.97 Å². The Morgan fingerprint density at radius 1 is 1.29 bits per heavy atom. The molecule has 2 aromatic rings. The van der Waals surface area contributed by atoms with Crippen molar-refractivity contribution in [2.75, 3.05) is 6.54 Å². The molecule has 2 heterocycles. The molecule has 1 aromatic carbocycles. The van der Waals surface area contributed by atoms with Gasteiger partial charge in [0.1, 0.15) is 5.82 Å². The van der Waals surface area contributed by atoms with Crippen molar-refractivity contribution in [2.24, 2.45) is 0 Å². The summed E-state index contributed by atoms with van der Waals surface area (Å²) in [5, 5.41) is 13.2. The molecule has 0 aliphatic carbocycles. The third kappa shape index (κ3) is 3.04. The van der Waals surface area contributed by atoms with Crippen LogP contribution in [0.15, 0.2) is 24.3 Å². The van der Waals surface area contributed by atoms with Gasteiger partial charge in [0.2, 0.25) is 0 Å². The third-order valence-corrected chi connectivity index (χ3v) is 3.71. The van der Waals surface area contributed by atoms with Crippen molar-refractivity contribution in [1.29, 1.82) is 0 Å². The predicted molar refractivity (Wildman–Crippen MR) is 78.7 cm³/mol. The molecule has 3 rings (SSSR count). The first-order valence-corrected chi connectivity index (χ1v) is 7.08. The van der Waals surface area contributed by atoms with Crippen LogP contribution in [0, 0.1) is 0 Å². The van der Waals surface area contributed by atoms with E-state index in [4.69, 9.17) is 11.6 Å². The highest BCUT2D eigenvalue weighted by molar-refractivity contribution is 6.30. The maximum absolute atomic E-state index is 11.4. The average molecular weight is 304 g/mol. The molecule has 0 atom stereocenters. The second-order valence-corrected chi connectivity index (χ2v) is 5.39. The summed E-state index contributed by atoms with van der Waals surface area (Å²) in [4.78, 5) is 20.1. The molecule has 108 valence electrons. The molecule has 5 nitrogen and oxygen atoms in total. The molecule has 0 saturated heterocycles. The van der Waals surface area contributed by atoms with Crippen molar-refractivity contribution in [3.8, 4) is 0 Å². The largest absolute Gasteiger partial charge is 0.477 e. The Bertz CT molecular complexity index is 686. The molecule has 0 fully saturated rings. The zero-order valence-corrected chi connectivity index (χ0v) is 12.0. The quantitative estimate of drug-likeness (QED) is 0.908. The van der Waals surface area contributed by atoms with E-state index in [1.165, 1.54) is 0 Å². The van der Waals surface area contributed by atoms with E-state index >= 15 is 0 Å². The number of nitrogens with one attached hydrogen (secondary N) is 1. The summed E-state index contributed by atoms with van der Waals surface area (Å²) in [5.41, 5.74) is 2.67. The minimum atomic E-state index is -0.993. The summed E-state index contributed by atoms with van der Waals surface area (Å²) in [6.07, 6.45) is 1.14. The standard InChI is InChI=1S/C15H14ClN3O2/c16-10-3-1-9(2-4-10)7-13-18-12-8-17-6-5-11(12)14(19-13)15(20)21/h1-4,17H,5-8H2,(H,20,21). The van der Waals surface area contributed by atoms with Gasteiger partial charge in [-0.25, -0.2) is 14.8 Å². The Morgan fingerprint density at radius 3 is 2.76 bits per heavy atom. The number of carbonyl (C=O) groups is 1. The van der Waals surface area contributed by atoms with Crippen molar-refractivity contribution >= 4 is 17.6 Å². The maximum Gasteiger partial charge on any atom is 0.354 e. The van der Waals surface area contributed by atoms with E-state index in [2.05, 4.69) is 15.3 Å². The minimum absolute atomic E-state index is 0.130. The normalized spacial score (nSPS) is 13.8. The summed E-state index contributed by atoms with van der Waals surface area (Å²) in [5.74, 6) is -0.468. The summed E-state index contributed by atoms with van der Waals surface area (Å²) >= 11 is 5.86. The molecule has 0 spiro atoms. The summed E-state index contributed by atoms with van der Waals surface area (Å²) in [6.45, 7) is 1.35. The average Bonchev–Trinajstić information content (AvgIpc) is 2.48. The van der Waals surface area contributed by atoms with Crippen LogP contribution in [0.2, 0.25) is 5.02 Å². The van der Waals surface area contributed by atoms with Crippen LogP contribution in [-0.2, 0) is 19.4 Å². The Morgan fingerprint density at radius 2 is 2.05 bits per heavy atom. The lowest BCUT2D eigenvalue weighted by Crippen LogP contribution is -2.28. The van der Waals surface area contributed by atoms with E-state index in [9.17, 15) is 9.90 Å². The van der Waals surface area contributed by atoms with E-state index in [0.29, 0.717) is 30.2 Å². The third-order valence-electron chi connectivity index (χ3n) is 3.46. The zero-order chi connectivity index (χ0) is 14.8. The summed E-state index contributed by atoms with van der Waals surface area (Å²) < 4.78 is 0. The molecule has 0 saturated carbocycles. The Hall–Kier alpha value is -1.98. The smallest absolute Gasteiger partial charge is 0.354 e. The molecule has 6 heteroatoms. The van der Waals surface area contributed by atoms with Gasteiger partial charge in [-0.15, -0.1) is 0 Å². The number of halogens is 1. The van der Waals surface area contributed by atoms with Gasteiger partial charge in [-0.1, -0.05) is 23.7 Å². The number of carboxylic acids is 1. The minimum Gasteiger partial charge on any atom is -0.477 e. The molecule has 1 aliphatic rings. The molecular formula is C15H14ClN3O2. The Balaban J connectivity index is 1.97. The molecule has 1 aliphatic heterocycles. The second-order valence-electron chi connectivity index (χ2n) is 4.95. The fraction of sp³-hybridized carbons (Fsp3) is 0.267. The van der Waals surface area contributed by atoms with Gasteiger partial charge in [-0.3, -0.25) is 0 Å². The first-order chi connectivity index (χ1) is 10.1. The van der Waals surface area contributed by atoms with Gasteiger partial charge in [0.25, 0.3) is 0 Å².